The second kappa shape index (κ2) is 10.5. The lowest BCUT2D eigenvalue weighted by atomic mass is 9.76. The fourth-order valence-corrected chi connectivity index (χ4v) is 5.76. The third kappa shape index (κ3) is 5.44. The van der Waals surface area contributed by atoms with Gasteiger partial charge in [-0.05, 0) is 86.2 Å². The fraction of sp³-hybridized carbons (Fsp3) is 0.727. The average molecular weight is 458 g/mol. The number of halogens is 1. The molecule has 24 heavy (non-hydrogen) atoms. The molecule has 0 bridgehead atoms. The van der Waals surface area contributed by atoms with Crippen LogP contribution in [0.25, 0.3) is 0 Å². The first-order valence-electron chi connectivity index (χ1n) is 9.96. The molecule has 1 unspecified atom stereocenters. The van der Waals surface area contributed by atoms with Crippen LogP contribution in [0.4, 0.5) is 0 Å². The topological polar surface area (TPSA) is 0 Å². The molecule has 2 saturated carbocycles. The van der Waals surface area contributed by atoms with Gasteiger partial charge in [-0.25, -0.2) is 0 Å². The van der Waals surface area contributed by atoms with Crippen molar-refractivity contribution in [3.05, 3.63) is 35.4 Å². The fourth-order valence-electron chi connectivity index (χ4n) is 4.88. The maximum absolute atomic E-state index is 2.56. The molecule has 1 atom stereocenters. The van der Waals surface area contributed by atoms with Crippen LogP contribution in [0, 0.1) is 11.8 Å². The van der Waals surface area contributed by atoms with Gasteiger partial charge in [0.25, 0.3) is 0 Å². The monoisotopic (exact) mass is 458 g/mol. The molecule has 2 heteroatoms. The Balaban J connectivity index is 0.00000208. The molecule has 0 saturated heterocycles. The first kappa shape index (κ1) is 20.7. The summed E-state index contributed by atoms with van der Waals surface area (Å²) in [7, 11) is 0. The Labute approximate surface area is 166 Å². The number of alkyl halides is 1. The Morgan fingerprint density at radius 3 is 1.54 bits per heavy atom. The summed E-state index contributed by atoms with van der Waals surface area (Å²) in [5.41, 5.74) is 3.23. The first-order valence-corrected chi connectivity index (χ1v) is 11.5. The van der Waals surface area contributed by atoms with E-state index in [0.29, 0.717) is 0 Å². The van der Waals surface area contributed by atoms with Crippen LogP contribution in [0.5, 0.6) is 0 Å². The summed E-state index contributed by atoms with van der Waals surface area (Å²) in [6, 6.07) is 9.85. The van der Waals surface area contributed by atoms with Crippen molar-refractivity contribution in [1.82, 2.24) is 0 Å². The molecule has 0 aliphatic heterocycles. The van der Waals surface area contributed by atoms with Crippen LogP contribution in [0.1, 0.15) is 94.1 Å². The highest BCUT2D eigenvalue weighted by atomic mass is 127. The van der Waals surface area contributed by atoms with Gasteiger partial charge in [-0.15, -0.1) is 0 Å². The Hall–Kier alpha value is 0.380. The molecule has 1 aromatic carbocycles. The van der Waals surface area contributed by atoms with Crippen molar-refractivity contribution in [2.45, 2.75) is 83.0 Å². The molecular formula is C22H36IP. The number of rotatable bonds is 5. The van der Waals surface area contributed by atoms with E-state index in [9.17, 15) is 0 Å². The minimum Gasteiger partial charge on any atom is -0.153 e. The third-order valence-electron chi connectivity index (χ3n) is 6.49. The Morgan fingerprint density at radius 2 is 1.17 bits per heavy atom. The summed E-state index contributed by atoms with van der Waals surface area (Å²) in [5.74, 6) is 3.68. The largest absolute Gasteiger partial charge is 0.153 e. The van der Waals surface area contributed by atoms with Crippen LogP contribution in [0.15, 0.2) is 24.3 Å². The predicted molar refractivity (Wildman–Crippen MR) is 121 cm³/mol. The average Bonchev–Trinajstić information content (AvgIpc) is 2.63. The van der Waals surface area contributed by atoms with E-state index in [-0.39, 0.29) is 9.90 Å². The highest BCUT2D eigenvalue weighted by Gasteiger charge is 2.24. The molecule has 2 aliphatic rings. The summed E-state index contributed by atoms with van der Waals surface area (Å²) < 4.78 is 1.35. The Bertz CT molecular complexity index is 453. The van der Waals surface area contributed by atoms with Gasteiger partial charge < -0.3 is 0 Å². The van der Waals surface area contributed by atoms with Gasteiger partial charge in [0.05, 0.1) is 0 Å². The van der Waals surface area contributed by atoms with Crippen LogP contribution in [-0.2, 0) is 0 Å². The van der Waals surface area contributed by atoms with Gasteiger partial charge in [0.15, 0.2) is 0 Å². The maximum atomic E-state index is 2.56. The van der Waals surface area contributed by atoms with Crippen LogP contribution < -0.4 is 0 Å². The summed E-state index contributed by atoms with van der Waals surface area (Å²) in [4.78, 5) is 0. The van der Waals surface area contributed by atoms with Crippen molar-refractivity contribution in [3.63, 3.8) is 0 Å². The quantitative estimate of drug-likeness (QED) is 0.243. The van der Waals surface area contributed by atoms with Gasteiger partial charge in [-0.2, -0.15) is 9.90 Å². The minimum atomic E-state index is 0. The zero-order valence-electron chi connectivity index (χ0n) is 15.5. The second-order valence-electron chi connectivity index (χ2n) is 8.04. The molecule has 0 heterocycles. The molecule has 0 amide bonds. The molecule has 136 valence electrons. The SMILES string of the molecule is CCC[C@H]1CC[C@H](c2ccc([C@H]3CC[C@H](CI)CC3)cc2)CC1.P. The van der Waals surface area contributed by atoms with Gasteiger partial charge in [0.1, 0.15) is 0 Å². The van der Waals surface area contributed by atoms with Crippen LogP contribution >= 0.6 is 32.5 Å². The van der Waals surface area contributed by atoms with Gasteiger partial charge in [-0.3, -0.25) is 0 Å². The standard InChI is InChI=1S/C22H33I.H3P/c1-2-3-17-4-8-19(9-5-17)21-12-14-22(15-13-21)20-10-6-18(16-23)7-11-20;/h12-15,17-20H,2-11,16H2,1H3;1H3/t17-,18-,19-,20-;. The predicted octanol–water partition coefficient (Wildman–Crippen LogP) is 7.53. The number of benzene rings is 1. The summed E-state index contributed by atoms with van der Waals surface area (Å²) in [5, 5.41) is 0. The number of hydrogen-bond donors (Lipinski definition) is 0. The van der Waals surface area contributed by atoms with Crippen molar-refractivity contribution in [1.29, 1.82) is 0 Å². The van der Waals surface area contributed by atoms with Crippen molar-refractivity contribution >= 4 is 32.5 Å². The van der Waals surface area contributed by atoms with Crippen molar-refractivity contribution in [2.75, 3.05) is 4.43 Å². The highest BCUT2D eigenvalue weighted by molar-refractivity contribution is 14.1. The molecule has 2 aliphatic carbocycles. The Kier molecular flexibility index (Phi) is 9.06. The van der Waals surface area contributed by atoms with Crippen LogP contribution in [-0.4, -0.2) is 4.43 Å². The highest BCUT2D eigenvalue weighted by Crippen LogP contribution is 2.39. The van der Waals surface area contributed by atoms with Crippen molar-refractivity contribution in [3.8, 4) is 0 Å². The molecule has 0 aromatic heterocycles. The van der Waals surface area contributed by atoms with Gasteiger partial charge in [0.2, 0.25) is 0 Å². The minimum absolute atomic E-state index is 0. The maximum Gasteiger partial charge on any atom is 0.00237 e. The van der Waals surface area contributed by atoms with E-state index in [4.69, 9.17) is 0 Å². The molecule has 1 aromatic rings. The van der Waals surface area contributed by atoms with E-state index < -0.39 is 0 Å². The smallest absolute Gasteiger partial charge is 0.00237 e. The number of hydrogen-bond acceptors (Lipinski definition) is 0. The van der Waals surface area contributed by atoms with E-state index in [0.717, 1.165) is 23.7 Å². The van der Waals surface area contributed by atoms with Gasteiger partial charge in [-0.1, -0.05) is 66.6 Å². The van der Waals surface area contributed by atoms with E-state index in [1.54, 1.807) is 11.1 Å². The molecule has 2 fully saturated rings. The zero-order chi connectivity index (χ0) is 16.1. The summed E-state index contributed by atoms with van der Waals surface area (Å²) in [6.45, 7) is 2.33. The second-order valence-corrected chi connectivity index (χ2v) is 8.93. The normalized spacial score (nSPS) is 30.6. The molecule has 0 spiro atoms. The van der Waals surface area contributed by atoms with Gasteiger partial charge >= 0.3 is 0 Å². The van der Waals surface area contributed by atoms with Crippen LogP contribution in [0.3, 0.4) is 0 Å². The molecule has 0 nitrogen and oxygen atoms in total. The van der Waals surface area contributed by atoms with Crippen molar-refractivity contribution in [2.24, 2.45) is 11.8 Å². The third-order valence-corrected chi connectivity index (χ3v) is 7.73. The lowest BCUT2D eigenvalue weighted by molar-refractivity contribution is 0.308. The molecule has 3 rings (SSSR count). The molecule has 0 N–H and O–H groups in total. The van der Waals surface area contributed by atoms with Gasteiger partial charge in [0, 0.05) is 4.43 Å². The van der Waals surface area contributed by atoms with E-state index in [1.165, 1.54) is 68.6 Å². The Morgan fingerprint density at radius 1 is 0.750 bits per heavy atom. The van der Waals surface area contributed by atoms with E-state index in [1.807, 2.05) is 0 Å². The summed E-state index contributed by atoms with van der Waals surface area (Å²) in [6.07, 6.45) is 14.3. The lowest BCUT2D eigenvalue weighted by Crippen LogP contribution is -2.15. The zero-order valence-corrected chi connectivity index (χ0v) is 19.1. The van der Waals surface area contributed by atoms with E-state index >= 15 is 0 Å². The van der Waals surface area contributed by atoms with E-state index in [2.05, 4.69) is 53.8 Å². The van der Waals surface area contributed by atoms with Crippen molar-refractivity contribution < 1.29 is 0 Å². The summed E-state index contributed by atoms with van der Waals surface area (Å²) >= 11 is 2.56. The molecule has 0 radical (unpaired) electrons. The van der Waals surface area contributed by atoms with Crippen LogP contribution in [0.2, 0.25) is 0 Å². The molecular weight excluding hydrogens is 422 g/mol. The lowest BCUT2D eigenvalue weighted by Gasteiger charge is -2.30. The first-order chi connectivity index (χ1) is 11.3.